The summed E-state index contributed by atoms with van der Waals surface area (Å²) in [4.78, 5) is 17.4. The van der Waals surface area contributed by atoms with Crippen molar-refractivity contribution in [2.24, 2.45) is 0 Å². The van der Waals surface area contributed by atoms with Gasteiger partial charge in [-0.1, -0.05) is 0 Å². The highest BCUT2D eigenvalue weighted by Gasteiger charge is 2.12. The maximum Gasteiger partial charge on any atom is 0.248 e. The molecule has 1 aromatic carbocycles. The average Bonchev–Trinajstić information content (AvgIpc) is 3.11. The van der Waals surface area contributed by atoms with Crippen LogP contribution < -0.4 is 14.8 Å². The number of hydrogen-bond acceptors (Lipinski definition) is 7. The lowest BCUT2D eigenvalue weighted by atomic mass is 10.2. The van der Waals surface area contributed by atoms with E-state index < -0.39 is 0 Å². The Morgan fingerprint density at radius 1 is 1.24 bits per heavy atom. The quantitative estimate of drug-likeness (QED) is 0.723. The third-order valence-corrected chi connectivity index (χ3v) is 3.34. The molecular weight excluding hydrogens is 324 g/mol. The van der Waals surface area contributed by atoms with Gasteiger partial charge in [0.15, 0.2) is 0 Å². The Kier molecular flexibility index (Phi) is 4.84. The Hall–Kier alpha value is -3.49. The molecule has 0 radical (unpaired) electrons. The minimum Gasteiger partial charge on any atom is -0.497 e. The summed E-state index contributed by atoms with van der Waals surface area (Å²) < 4.78 is 10.4. The molecule has 0 saturated carbocycles. The van der Waals surface area contributed by atoms with Gasteiger partial charge in [0, 0.05) is 24.0 Å². The van der Waals surface area contributed by atoms with Gasteiger partial charge in [0.1, 0.15) is 18.0 Å². The number of tetrazole rings is 1. The molecule has 0 unspecified atom stereocenters. The van der Waals surface area contributed by atoms with Crippen LogP contribution in [0.15, 0.2) is 42.7 Å². The van der Waals surface area contributed by atoms with Crippen LogP contribution in [0.1, 0.15) is 0 Å². The summed E-state index contributed by atoms with van der Waals surface area (Å²) in [6.45, 7) is -0.0809. The highest BCUT2D eigenvalue weighted by Crippen LogP contribution is 2.28. The van der Waals surface area contributed by atoms with E-state index in [-0.39, 0.29) is 12.5 Å². The van der Waals surface area contributed by atoms with E-state index >= 15 is 0 Å². The van der Waals surface area contributed by atoms with Crippen LogP contribution in [0.25, 0.3) is 11.4 Å². The van der Waals surface area contributed by atoms with Crippen molar-refractivity contribution in [3.63, 3.8) is 0 Å². The maximum absolute atomic E-state index is 12.2. The monoisotopic (exact) mass is 340 g/mol. The number of aromatic nitrogens is 5. The van der Waals surface area contributed by atoms with Crippen LogP contribution in [0.2, 0.25) is 0 Å². The van der Waals surface area contributed by atoms with Gasteiger partial charge >= 0.3 is 0 Å². The van der Waals surface area contributed by atoms with E-state index in [2.05, 4.69) is 25.7 Å². The highest BCUT2D eigenvalue weighted by molar-refractivity contribution is 5.92. The van der Waals surface area contributed by atoms with Crippen molar-refractivity contribution in [1.82, 2.24) is 25.2 Å². The molecule has 0 aliphatic rings. The molecule has 2 aromatic heterocycles. The molecule has 1 N–H and O–H groups in total. The average molecular weight is 340 g/mol. The minimum absolute atomic E-state index is 0.0809. The zero-order chi connectivity index (χ0) is 17.6. The second-order valence-electron chi connectivity index (χ2n) is 5.00. The smallest absolute Gasteiger partial charge is 0.248 e. The molecule has 0 atom stereocenters. The molecule has 0 aliphatic heterocycles. The fourth-order valence-corrected chi connectivity index (χ4v) is 2.14. The van der Waals surface area contributed by atoms with Crippen LogP contribution in [0.4, 0.5) is 5.69 Å². The summed E-state index contributed by atoms with van der Waals surface area (Å²) in [7, 11) is 3.08. The highest BCUT2D eigenvalue weighted by atomic mass is 16.5. The SMILES string of the molecule is COc1ccc(NC(=O)Cn2nnc(-c3cccnc3)n2)c(OC)c1. The van der Waals surface area contributed by atoms with Crippen LogP contribution in [-0.4, -0.2) is 45.3 Å². The number of pyridine rings is 1. The molecule has 25 heavy (non-hydrogen) atoms. The molecule has 0 aliphatic carbocycles. The van der Waals surface area contributed by atoms with E-state index in [0.717, 1.165) is 5.56 Å². The summed E-state index contributed by atoms with van der Waals surface area (Å²) in [6, 6.07) is 8.71. The van der Waals surface area contributed by atoms with Crippen LogP contribution in [0, 0.1) is 0 Å². The van der Waals surface area contributed by atoms with Gasteiger partial charge in [-0.05, 0) is 29.5 Å². The topological polar surface area (TPSA) is 104 Å². The first-order valence-electron chi connectivity index (χ1n) is 7.39. The maximum atomic E-state index is 12.2. The Balaban J connectivity index is 1.68. The second kappa shape index (κ2) is 7.39. The van der Waals surface area contributed by atoms with Gasteiger partial charge < -0.3 is 14.8 Å². The molecule has 9 heteroatoms. The van der Waals surface area contributed by atoms with Crippen molar-refractivity contribution in [2.45, 2.75) is 6.54 Å². The summed E-state index contributed by atoms with van der Waals surface area (Å²) in [6.07, 6.45) is 3.28. The number of hydrogen-bond donors (Lipinski definition) is 1. The van der Waals surface area contributed by atoms with Crippen LogP contribution in [0.3, 0.4) is 0 Å². The first-order valence-corrected chi connectivity index (χ1v) is 7.39. The third kappa shape index (κ3) is 3.89. The molecule has 2 heterocycles. The van der Waals surface area contributed by atoms with Crippen molar-refractivity contribution in [3.05, 3.63) is 42.7 Å². The Labute approximate surface area is 143 Å². The van der Waals surface area contributed by atoms with Crippen molar-refractivity contribution in [2.75, 3.05) is 19.5 Å². The summed E-state index contributed by atoms with van der Waals surface area (Å²) in [5.41, 5.74) is 1.26. The summed E-state index contributed by atoms with van der Waals surface area (Å²) in [5.74, 6) is 1.23. The van der Waals surface area contributed by atoms with Crippen LogP contribution >= 0.6 is 0 Å². The first kappa shape index (κ1) is 16.4. The molecule has 9 nitrogen and oxygen atoms in total. The number of carbonyl (C=O) groups excluding carboxylic acids is 1. The van der Waals surface area contributed by atoms with Crippen molar-refractivity contribution >= 4 is 11.6 Å². The molecule has 1 amide bonds. The summed E-state index contributed by atoms with van der Waals surface area (Å²) >= 11 is 0. The molecular formula is C16H16N6O3. The molecule has 3 aromatic rings. The lowest BCUT2D eigenvalue weighted by Crippen LogP contribution is -2.20. The van der Waals surface area contributed by atoms with E-state index in [9.17, 15) is 4.79 Å². The Morgan fingerprint density at radius 2 is 2.12 bits per heavy atom. The van der Waals surface area contributed by atoms with E-state index in [1.54, 1.807) is 43.8 Å². The van der Waals surface area contributed by atoms with Gasteiger partial charge in [0.05, 0.1) is 19.9 Å². The predicted molar refractivity (Wildman–Crippen MR) is 89.2 cm³/mol. The zero-order valence-corrected chi connectivity index (χ0v) is 13.7. The summed E-state index contributed by atoms with van der Waals surface area (Å²) in [5, 5.41) is 14.7. The number of nitrogens with zero attached hydrogens (tertiary/aromatic N) is 5. The molecule has 0 bridgehead atoms. The molecule has 0 saturated heterocycles. The number of ether oxygens (including phenoxy) is 2. The van der Waals surface area contributed by atoms with E-state index in [0.29, 0.717) is 23.0 Å². The third-order valence-electron chi connectivity index (χ3n) is 3.34. The zero-order valence-electron chi connectivity index (χ0n) is 13.7. The lowest BCUT2D eigenvalue weighted by Gasteiger charge is -2.11. The van der Waals surface area contributed by atoms with Crippen molar-refractivity contribution < 1.29 is 14.3 Å². The number of benzene rings is 1. The molecule has 3 rings (SSSR count). The largest absolute Gasteiger partial charge is 0.497 e. The molecule has 128 valence electrons. The number of methoxy groups -OCH3 is 2. The second-order valence-corrected chi connectivity index (χ2v) is 5.00. The number of amides is 1. The minimum atomic E-state index is -0.307. The van der Waals surface area contributed by atoms with Gasteiger partial charge in [-0.15, -0.1) is 10.2 Å². The predicted octanol–water partition coefficient (Wildman–Crippen LogP) is 1.39. The van der Waals surface area contributed by atoms with Crippen molar-refractivity contribution in [3.8, 4) is 22.9 Å². The van der Waals surface area contributed by atoms with E-state index in [4.69, 9.17) is 9.47 Å². The van der Waals surface area contributed by atoms with Gasteiger partial charge in [-0.3, -0.25) is 9.78 Å². The van der Waals surface area contributed by atoms with Gasteiger partial charge in [-0.25, -0.2) is 0 Å². The standard InChI is InChI=1S/C16H16N6O3/c1-24-12-5-6-13(14(8-12)25-2)18-15(23)10-22-20-16(19-21-22)11-4-3-7-17-9-11/h3-9H,10H2,1-2H3,(H,18,23). The van der Waals surface area contributed by atoms with Crippen LogP contribution in [0.5, 0.6) is 11.5 Å². The number of rotatable bonds is 6. The van der Waals surface area contributed by atoms with Crippen LogP contribution in [-0.2, 0) is 11.3 Å². The van der Waals surface area contributed by atoms with Gasteiger partial charge in [0.2, 0.25) is 11.7 Å². The number of carbonyl (C=O) groups is 1. The van der Waals surface area contributed by atoms with Gasteiger partial charge in [0.25, 0.3) is 0 Å². The Bertz CT molecular complexity index is 865. The normalized spacial score (nSPS) is 10.3. The number of nitrogens with one attached hydrogen (secondary N) is 1. The van der Waals surface area contributed by atoms with Gasteiger partial charge in [-0.2, -0.15) is 4.80 Å². The fraction of sp³-hybridized carbons (Fsp3) is 0.188. The lowest BCUT2D eigenvalue weighted by molar-refractivity contribution is -0.117. The Morgan fingerprint density at radius 3 is 2.84 bits per heavy atom. The van der Waals surface area contributed by atoms with E-state index in [1.807, 2.05) is 6.07 Å². The molecule has 0 spiro atoms. The fourth-order valence-electron chi connectivity index (χ4n) is 2.14. The molecule has 0 fully saturated rings. The first-order chi connectivity index (χ1) is 12.2. The van der Waals surface area contributed by atoms with Crippen molar-refractivity contribution in [1.29, 1.82) is 0 Å². The van der Waals surface area contributed by atoms with E-state index in [1.165, 1.54) is 11.9 Å². The number of anilines is 1.